The fourth-order valence-corrected chi connectivity index (χ4v) is 3.81. The van der Waals surface area contributed by atoms with Crippen LogP contribution in [0.25, 0.3) is 0 Å². The first kappa shape index (κ1) is 15.1. The van der Waals surface area contributed by atoms with E-state index in [9.17, 15) is 13.2 Å². The summed E-state index contributed by atoms with van der Waals surface area (Å²) in [6, 6.07) is 0.422. The van der Waals surface area contributed by atoms with E-state index in [2.05, 4.69) is 16.8 Å². The van der Waals surface area contributed by atoms with Gasteiger partial charge in [-0.25, -0.2) is 0 Å². The molecule has 1 saturated carbocycles. The molecule has 2 unspecified atom stereocenters. The highest BCUT2D eigenvalue weighted by atomic mass is 19.4. The van der Waals surface area contributed by atoms with Gasteiger partial charge in [-0.1, -0.05) is 13.8 Å². The van der Waals surface area contributed by atoms with Crippen LogP contribution in [0.1, 0.15) is 33.1 Å². The molecule has 0 N–H and O–H groups in total. The maximum absolute atomic E-state index is 12.5. The summed E-state index contributed by atoms with van der Waals surface area (Å²) in [4.78, 5) is 4.38. The van der Waals surface area contributed by atoms with E-state index in [-0.39, 0.29) is 13.1 Å². The molecule has 0 aromatic heterocycles. The summed E-state index contributed by atoms with van der Waals surface area (Å²) in [6.07, 6.45) is -0.519. The predicted molar refractivity (Wildman–Crippen MR) is 70.0 cm³/mol. The normalized spacial score (nSPS) is 36.6. The van der Waals surface area contributed by atoms with E-state index in [0.717, 1.165) is 19.5 Å². The van der Waals surface area contributed by atoms with Gasteiger partial charge in [0.25, 0.3) is 0 Å². The zero-order valence-electron chi connectivity index (χ0n) is 12.1. The average molecular weight is 278 g/mol. The highest BCUT2D eigenvalue weighted by Crippen LogP contribution is 2.52. The number of hydrogen-bond donors (Lipinski definition) is 0. The highest BCUT2D eigenvalue weighted by Gasteiger charge is 2.57. The molecule has 0 bridgehead atoms. The molecule has 5 heteroatoms. The molecule has 0 aromatic carbocycles. The smallest absolute Gasteiger partial charge is 0.306 e. The van der Waals surface area contributed by atoms with Gasteiger partial charge < -0.3 is 4.90 Å². The topological polar surface area (TPSA) is 6.48 Å². The van der Waals surface area contributed by atoms with Gasteiger partial charge in [0, 0.05) is 25.7 Å². The van der Waals surface area contributed by atoms with Gasteiger partial charge in [0.1, 0.15) is 0 Å². The van der Waals surface area contributed by atoms with Gasteiger partial charge in [-0.05, 0) is 38.3 Å². The van der Waals surface area contributed by atoms with E-state index < -0.39 is 12.1 Å². The van der Waals surface area contributed by atoms with E-state index in [1.807, 2.05) is 13.8 Å². The van der Waals surface area contributed by atoms with E-state index >= 15 is 0 Å². The SMILES string of the molecule is CC.CN1CCC2(CCC2N2CC(C(F)(F)F)C2)C1. The standard InChI is InChI=1S/C12H19F3N2.C2H6/c1-16-5-4-11(8-16)3-2-10(11)17-6-9(7-17)12(13,14)15;1-2/h9-10H,2-8H2,1H3;1-2H3. The second-order valence-corrected chi connectivity index (χ2v) is 6.10. The lowest BCUT2D eigenvalue weighted by atomic mass is 9.62. The van der Waals surface area contributed by atoms with Crippen LogP contribution < -0.4 is 0 Å². The molecule has 0 aromatic rings. The lowest BCUT2D eigenvalue weighted by molar-refractivity contribution is -0.225. The van der Waals surface area contributed by atoms with E-state index in [1.165, 1.54) is 12.8 Å². The Morgan fingerprint density at radius 2 is 1.74 bits per heavy atom. The summed E-state index contributed by atoms with van der Waals surface area (Å²) in [5.74, 6) is -1.07. The lowest BCUT2D eigenvalue weighted by Gasteiger charge is -2.57. The summed E-state index contributed by atoms with van der Waals surface area (Å²) < 4.78 is 37.4. The van der Waals surface area contributed by atoms with Crippen molar-refractivity contribution in [1.82, 2.24) is 9.80 Å². The van der Waals surface area contributed by atoms with Crippen molar-refractivity contribution in [2.24, 2.45) is 11.3 Å². The van der Waals surface area contributed by atoms with Crippen LogP contribution in [-0.2, 0) is 0 Å². The first-order chi connectivity index (χ1) is 8.91. The fraction of sp³-hybridized carbons (Fsp3) is 1.00. The Labute approximate surface area is 113 Å². The van der Waals surface area contributed by atoms with Gasteiger partial charge in [0.2, 0.25) is 0 Å². The molecule has 3 aliphatic rings. The Hall–Kier alpha value is -0.290. The Bertz CT molecular complexity index is 312. The van der Waals surface area contributed by atoms with Crippen molar-refractivity contribution in [3.63, 3.8) is 0 Å². The molecule has 112 valence electrons. The molecular weight excluding hydrogens is 253 g/mol. The van der Waals surface area contributed by atoms with Gasteiger partial charge in [-0.3, -0.25) is 4.90 Å². The first-order valence-electron chi connectivity index (χ1n) is 7.40. The van der Waals surface area contributed by atoms with Crippen LogP contribution in [0.3, 0.4) is 0 Å². The number of likely N-dealkylation sites (tertiary alicyclic amines) is 2. The minimum atomic E-state index is -3.99. The lowest BCUT2D eigenvalue weighted by Crippen LogP contribution is -2.65. The van der Waals surface area contributed by atoms with Crippen molar-refractivity contribution >= 4 is 0 Å². The Morgan fingerprint density at radius 1 is 1.11 bits per heavy atom. The van der Waals surface area contributed by atoms with Crippen molar-refractivity contribution < 1.29 is 13.2 Å². The maximum atomic E-state index is 12.5. The Balaban J connectivity index is 0.000000637. The summed E-state index contributed by atoms with van der Waals surface area (Å²) >= 11 is 0. The van der Waals surface area contributed by atoms with Gasteiger partial charge in [-0.15, -0.1) is 0 Å². The summed E-state index contributed by atoms with van der Waals surface area (Å²) in [6.45, 7) is 6.65. The Kier molecular flexibility index (Phi) is 4.17. The van der Waals surface area contributed by atoms with Gasteiger partial charge >= 0.3 is 6.18 Å². The van der Waals surface area contributed by atoms with Crippen molar-refractivity contribution in [2.45, 2.75) is 45.3 Å². The van der Waals surface area contributed by atoms with Gasteiger partial charge in [0.15, 0.2) is 0 Å². The third kappa shape index (κ3) is 2.64. The van der Waals surface area contributed by atoms with Gasteiger partial charge in [0.05, 0.1) is 5.92 Å². The third-order valence-corrected chi connectivity index (χ3v) is 5.01. The summed E-state index contributed by atoms with van der Waals surface area (Å²) in [5, 5.41) is 0. The van der Waals surface area contributed by atoms with Crippen LogP contribution in [0.2, 0.25) is 0 Å². The zero-order chi connectivity index (χ0) is 14.3. The van der Waals surface area contributed by atoms with Gasteiger partial charge in [-0.2, -0.15) is 13.2 Å². The van der Waals surface area contributed by atoms with Crippen molar-refractivity contribution in [3.05, 3.63) is 0 Å². The number of rotatable bonds is 1. The summed E-state index contributed by atoms with van der Waals surface area (Å²) in [7, 11) is 2.11. The number of halogens is 3. The molecule has 19 heavy (non-hydrogen) atoms. The largest absolute Gasteiger partial charge is 0.394 e. The van der Waals surface area contributed by atoms with Crippen LogP contribution >= 0.6 is 0 Å². The predicted octanol–water partition coefficient (Wildman–Crippen LogP) is 2.99. The quantitative estimate of drug-likeness (QED) is 0.727. The Morgan fingerprint density at radius 3 is 2.11 bits per heavy atom. The fourth-order valence-electron chi connectivity index (χ4n) is 3.81. The molecule has 3 rings (SSSR count). The van der Waals surface area contributed by atoms with Crippen molar-refractivity contribution in [3.8, 4) is 0 Å². The molecule has 0 amide bonds. The van der Waals surface area contributed by atoms with Crippen LogP contribution in [0.5, 0.6) is 0 Å². The molecule has 0 radical (unpaired) electrons. The molecule has 2 nitrogen and oxygen atoms in total. The van der Waals surface area contributed by atoms with Crippen LogP contribution in [0, 0.1) is 11.3 Å². The molecular formula is C14H25F3N2. The molecule has 2 atom stereocenters. The number of nitrogens with zero attached hydrogens (tertiary/aromatic N) is 2. The second-order valence-electron chi connectivity index (χ2n) is 6.10. The molecule has 2 aliphatic heterocycles. The van der Waals surface area contributed by atoms with Crippen molar-refractivity contribution in [1.29, 1.82) is 0 Å². The van der Waals surface area contributed by atoms with Crippen LogP contribution in [-0.4, -0.2) is 55.2 Å². The van der Waals surface area contributed by atoms with Crippen LogP contribution in [0.4, 0.5) is 13.2 Å². The monoisotopic (exact) mass is 278 g/mol. The number of hydrogen-bond acceptors (Lipinski definition) is 2. The average Bonchev–Trinajstić information content (AvgIpc) is 2.67. The second kappa shape index (κ2) is 5.24. The van der Waals surface area contributed by atoms with E-state index in [4.69, 9.17) is 0 Å². The molecule has 3 fully saturated rings. The molecule has 2 heterocycles. The highest BCUT2D eigenvalue weighted by molar-refractivity contribution is 5.08. The molecule has 1 aliphatic carbocycles. The minimum absolute atomic E-state index is 0.236. The molecule has 2 saturated heterocycles. The molecule has 1 spiro atoms. The maximum Gasteiger partial charge on any atom is 0.394 e. The number of alkyl halides is 3. The van der Waals surface area contributed by atoms with E-state index in [0.29, 0.717) is 11.5 Å². The van der Waals surface area contributed by atoms with Crippen molar-refractivity contribution in [2.75, 3.05) is 33.2 Å². The van der Waals surface area contributed by atoms with E-state index in [1.54, 1.807) is 0 Å². The first-order valence-corrected chi connectivity index (χ1v) is 7.40. The minimum Gasteiger partial charge on any atom is -0.306 e. The van der Waals surface area contributed by atoms with Crippen LogP contribution in [0.15, 0.2) is 0 Å². The zero-order valence-corrected chi connectivity index (χ0v) is 12.1. The summed E-state index contributed by atoms with van der Waals surface area (Å²) in [5.41, 5.74) is 0.325. The third-order valence-electron chi connectivity index (χ3n) is 5.01.